The number of rotatable bonds is 4. The number of hydrogen-bond donors (Lipinski definition) is 1. The second-order valence-corrected chi connectivity index (χ2v) is 5.17. The van der Waals surface area contributed by atoms with Crippen LogP contribution in [0.3, 0.4) is 0 Å². The van der Waals surface area contributed by atoms with Gasteiger partial charge in [0.15, 0.2) is 0 Å². The van der Waals surface area contributed by atoms with Crippen LogP contribution in [0.5, 0.6) is 5.75 Å². The highest BCUT2D eigenvalue weighted by Crippen LogP contribution is 2.12. The van der Waals surface area contributed by atoms with Crippen molar-refractivity contribution < 1.29 is 14.3 Å². The molecule has 0 spiro atoms. The fraction of sp³-hybridized carbons (Fsp3) is 0.333. The van der Waals surface area contributed by atoms with Crippen LogP contribution in [-0.2, 0) is 9.59 Å². The number of carbonyl (C=O) groups excluding carboxylic acids is 2. The largest absolute Gasteiger partial charge is 0.497 e. The van der Waals surface area contributed by atoms with Crippen LogP contribution in [0.2, 0.25) is 0 Å². The van der Waals surface area contributed by atoms with Gasteiger partial charge < -0.3 is 10.1 Å². The maximum absolute atomic E-state index is 11.6. The SMILES string of the molecule is COc1ccc(/C=C/C(=O)C(=O)NC(C)(C)C)cc1. The van der Waals surface area contributed by atoms with Gasteiger partial charge in [0.2, 0.25) is 5.78 Å². The summed E-state index contributed by atoms with van der Waals surface area (Å²) in [7, 11) is 1.59. The molecule has 1 N–H and O–H groups in total. The van der Waals surface area contributed by atoms with Crippen molar-refractivity contribution in [2.75, 3.05) is 7.11 Å². The number of ketones is 1. The lowest BCUT2D eigenvalue weighted by atomic mass is 10.1. The molecule has 0 bridgehead atoms. The van der Waals surface area contributed by atoms with Gasteiger partial charge in [-0.15, -0.1) is 0 Å². The molecule has 0 aromatic heterocycles. The molecule has 1 aromatic rings. The van der Waals surface area contributed by atoms with Gasteiger partial charge in [0, 0.05) is 5.54 Å². The zero-order valence-corrected chi connectivity index (χ0v) is 11.7. The van der Waals surface area contributed by atoms with Gasteiger partial charge in [0.25, 0.3) is 5.91 Å². The molecule has 0 aliphatic heterocycles. The lowest BCUT2D eigenvalue weighted by Gasteiger charge is -2.19. The Labute approximate surface area is 113 Å². The monoisotopic (exact) mass is 261 g/mol. The zero-order chi connectivity index (χ0) is 14.5. The third-order valence-corrected chi connectivity index (χ3v) is 2.26. The smallest absolute Gasteiger partial charge is 0.292 e. The van der Waals surface area contributed by atoms with Crippen LogP contribution in [0.1, 0.15) is 26.3 Å². The van der Waals surface area contributed by atoms with E-state index < -0.39 is 17.2 Å². The highest BCUT2D eigenvalue weighted by molar-refractivity contribution is 6.41. The number of amides is 1. The Hall–Kier alpha value is -2.10. The molecule has 0 fully saturated rings. The minimum absolute atomic E-state index is 0.416. The summed E-state index contributed by atoms with van der Waals surface area (Å²) in [5, 5.41) is 2.61. The molecule has 0 radical (unpaired) electrons. The molecule has 0 unspecified atom stereocenters. The first-order valence-corrected chi connectivity index (χ1v) is 6.00. The highest BCUT2D eigenvalue weighted by Gasteiger charge is 2.17. The maximum Gasteiger partial charge on any atom is 0.292 e. The molecular weight excluding hydrogens is 242 g/mol. The lowest BCUT2D eigenvalue weighted by Crippen LogP contribution is -2.43. The quantitative estimate of drug-likeness (QED) is 0.667. The molecule has 4 nitrogen and oxygen atoms in total. The summed E-state index contributed by atoms with van der Waals surface area (Å²) in [6.45, 7) is 5.47. The Kier molecular flexibility index (Phi) is 4.87. The van der Waals surface area contributed by atoms with Gasteiger partial charge in [-0.2, -0.15) is 0 Å². The first kappa shape index (κ1) is 15.0. The Morgan fingerprint density at radius 3 is 2.21 bits per heavy atom. The van der Waals surface area contributed by atoms with E-state index in [2.05, 4.69) is 5.32 Å². The molecule has 4 heteroatoms. The minimum atomic E-state index is -0.600. The number of benzene rings is 1. The van der Waals surface area contributed by atoms with Crippen LogP contribution in [0.15, 0.2) is 30.3 Å². The molecule has 0 saturated carbocycles. The van der Waals surface area contributed by atoms with Gasteiger partial charge in [-0.3, -0.25) is 9.59 Å². The molecular formula is C15H19NO3. The summed E-state index contributed by atoms with van der Waals surface area (Å²) < 4.78 is 5.03. The van der Waals surface area contributed by atoms with Crippen molar-refractivity contribution in [3.63, 3.8) is 0 Å². The molecule has 0 atom stereocenters. The van der Waals surface area contributed by atoms with Crippen LogP contribution in [0.4, 0.5) is 0 Å². The number of methoxy groups -OCH3 is 1. The Morgan fingerprint density at radius 1 is 1.16 bits per heavy atom. The maximum atomic E-state index is 11.6. The van der Waals surface area contributed by atoms with Gasteiger partial charge in [-0.1, -0.05) is 18.2 Å². The fourth-order valence-electron chi connectivity index (χ4n) is 1.36. The van der Waals surface area contributed by atoms with Crippen molar-refractivity contribution in [2.24, 2.45) is 0 Å². The van der Waals surface area contributed by atoms with E-state index >= 15 is 0 Å². The highest BCUT2D eigenvalue weighted by atomic mass is 16.5. The molecule has 0 heterocycles. The standard InChI is InChI=1S/C15H19NO3/c1-15(2,3)16-14(18)13(17)10-7-11-5-8-12(19-4)9-6-11/h5-10H,1-4H3,(H,16,18)/b10-7+. The summed E-state index contributed by atoms with van der Waals surface area (Å²) in [6, 6.07) is 7.20. The van der Waals surface area contributed by atoms with Gasteiger partial charge in [-0.25, -0.2) is 0 Å². The topological polar surface area (TPSA) is 55.4 Å². The first-order valence-electron chi connectivity index (χ1n) is 6.00. The second-order valence-electron chi connectivity index (χ2n) is 5.17. The average molecular weight is 261 g/mol. The van der Waals surface area contributed by atoms with Crippen molar-refractivity contribution in [1.29, 1.82) is 0 Å². The number of carbonyl (C=O) groups is 2. The molecule has 1 amide bonds. The second kappa shape index (κ2) is 6.18. The number of ether oxygens (including phenoxy) is 1. The minimum Gasteiger partial charge on any atom is -0.497 e. The summed E-state index contributed by atoms with van der Waals surface area (Å²) >= 11 is 0. The molecule has 1 aromatic carbocycles. The predicted molar refractivity (Wildman–Crippen MR) is 74.9 cm³/mol. The average Bonchev–Trinajstić information content (AvgIpc) is 2.34. The number of hydrogen-bond acceptors (Lipinski definition) is 3. The Morgan fingerprint density at radius 2 is 1.74 bits per heavy atom. The van der Waals surface area contributed by atoms with Crippen LogP contribution in [0.25, 0.3) is 6.08 Å². The Bertz CT molecular complexity index is 481. The van der Waals surface area contributed by atoms with Gasteiger partial charge in [0.05, 0.1) is 7.11 Å². The first-order chi connectivity index (χ1) is 8.81. The summed E-state index contributed by atoms with van der Waals surface area (Å²) in [6.07, 6.45) is 2.87. The third-order valence-electron chi connectivity index (χ3n) is 2.26. The number of nitrogens with one attached hydrogen (secondary N) is 1. The van der Waals surface area contributed by atoms with Crippen LogP contribution < -0.4 is 10.1 Å². The summed E-state index contributed by atoms with van der Waals surface area (Å²) in [5.74, 6) is -0.419. The third kappa shape index (κ3) is 5.38. The molecule has 0 aliphatic rings. The van der Waals surface area contributed by atoms with Crippen molar-refractivity contribution in [3.8, 4) is 5.75 Å². The van der Waals surface area contributed by atoms with E-state index in [0.29, 0.717) is 0 Å². The normalized spacial score (nSPS) is 11.4. The van der Waals surface area contributed by atoms with Gasteiger partial charge in [0.1, 0.15) is 5.75 Å². The van der Waals surface area contributed by atoms with Crippen molar-refractivity contribution >= 4 is 17.8 Å². The van der Waals surface area contributed by atoms with Crippen molar-refractivity contribution in [3.05, 3.63) is 35.9 Å². The van der Waals surface area contributed by atoms with Crippen molar-refractivity contribution in [2.45, 2.75) is 26.3 Å². The molecule has 1 rings (SSSR count). The van der Waals surface area contributed by atoms with Crippen LogP contribution >= 0.6 is 0 Å². The van der Waals surface area contributed by atoms with Gasteiger partial charge in [-0.05, 0) is 44.5 Å². The van der Waals surface area contributed by atoms with E-state index in [4.69, 9.17) is 4.74 Å². The fourth-order valence-corrected chi connectivity index (χ4v) is 1.36. The van der Waals surface area contributed by atoms with Crippen LogP contribution in [0, 0.1) is 0 Å². The summed E-state index contributed by atoms with van der Waals surface area (Å²) in [4.78, 5) is 23.1. The van der Waals surface area contributed by atoms with E-state index in [1.807, 2.05) is 32.9 Å². The van der Waals surface area contributed by atoms with Gasteiger partial charge >= 0.3 is 0 Å². The molecule has 102 valence electrons. The van der Waals surface area contributed by atoms with E-state index in [1.165, 1.54) is 6.08 Å². The molecule has 19 heavy (non-hydrogen) atoms. The van der Waals surface area contributed by atoms with E-state index in [-0.39, 0.29) is 0 Å². The molecule has 0 saturated heterocycles. The van der Waals surface area contributed by atoms with Crippen molar-refractivity contribution in [1.82, 2.24) is 5.32 Å². The lowest BCUT2D eigenvalue weighted by molar-refractivity contribution is -0.136. The predicted octanol–water partition coefficient (Wildman–Crippen LogP) is 2.19. The van der Waals surface area contributed by atoms with E-state index in [0.717, 1.165) is 11.3 Å². The van der Waals surface area contributed by atoms with E-state index in [9.17, 15) is 9.59 Å². The summed E-state index contributed by atoms with van der Waals surface area (Å²) in [5.41, 5.74) is 0.415. The van der Waals surface area contributed by atoms with Crippen LogP contribution in [-0.4, -0.2) is 24.3 Å². The Balaban J connectivity index is 2.65. The molecule has 0 aliphatic carbocycles. The van der Waals surface area contributed by atoms with E-state index in [1.54, 1.807) is 25.3 Å². The zero-order valence-electron chi connectivity index (χ0n) is 11.7.